The van der Waals surface area contributed by atoms with Crippen LogP contribution in [0.15, 0.2) is 53.1 Å². The van der Waals surface area contributed by atoms with Crippen LogP contribution in [-0.4, -0.2) is 84.8 Å². The molecule has 4 aromatic rings. The molecule has 0 saturated carbocycles. The van der Waals surface area contributed by atoms with Crippen molar-refractivity contribution in [2.75, 3.05) is 69.7 Å². The molecular weight excluding hydrogens is 474 g/mol. The lowest BCUT2D eigenvalue weighted by molar-refractivity contribution is 0.229. The van der Waals surface area contributed by atoms with Gasteiger partial charge in [-0.15, -0.1) is 0 Å². The molecule has 2 fully saturated rings. The zero-order chi connectivity index (χ0) is 26.2. The fourth-order valence-corrected chi connectivity index (χ4v) is 5.69. The van der Waals surface area contributed by atoms with Crippen LogP contribution >= 0.6 is 0 Å². The first-order valence-corrected chi connectivity index (χ1v) is 13.7. The minimum Gasteiger partial charge on any atom is -0.361 e. The number of anilines is 2. The summed E-state index contributed by atoms with van der Waals surface area (Å²) in [6, 6.07) is 17.6. The lowest BCUT2D eigenvalue weighted by Crippen LogP contribution is -2.48. The van der Waals surface area contributed by atoms with E-state index < -0.39 is 0 Å². The van der Waals surface area contributed by atoms with E-state index >= 15 is 0 Å². The molecule has 0 radical (unpaired) electrons. The molecule has 0 aliphatic carbocycles. The number of aryl methyl sites for hydroxylation is 2. The van der Waals surface area contributed by atoms with Crippen molar-refractivity contribution in [3.05, 3.63) is 65.5 Å². The van der Waals surface area contributed by atoms with Gasteiger partial charge in [-0.2, -0.15) is 4.98 Å². The van der Waals surface area contributed by atoms with Crippen LogP contribution in [-0.2, 0) is 0 Å². The second-order valence-electron chi connectivity index (χ2n) is 10.8. The van der Waals surface area contributed by atoms with E-state index in [0.717, 1.165) is 97.5 Å². The first-order chi connectivity index (χ1) is 18.5. The Labute approximate surface area is 224 Å². The average Bonchev–Trinajstić information content (AvgIpc) is 3.25. The topological polar surface area (TPSA) is 64.8 Å². The highest BCUT2D eigenvalue weighted by Gasteiger charge is 2.33. The molecule has 198 valence electrons. The molecule has 0 N–H and O–H groups in total. The molecule has 0 bridgehead atoms. The summed E-state index contributed by atoms with van der Waals surface area (Å²) in [4.78, 5) is 19.9. The van der Waals surface area contributed by atoms with E-state index in [4.69, 9.17) is 14.5 Å². The highest BCUT2D eigenvalue weighted by atomic mass is 16.5. The molecular formula is C30H37N7O. The largest absolute Gasteiger partial charge is 0.361 e. The normalized spacial score (nSPS) is 18.4. The van der Waals surface area contributed by atoms with E-state index in [-0.39, 0.29) is 0 Å². The molecule has 0 spiro atoms. The Morgan fingerprint density at radius 2 is 1.74 bits per heavy atom. The van der Waals surface area contributed by atoms with Crippen LogP contribution < -0.4 is 9.80 Å². The van der Waals surface area contributed by atoms with Crippen molar-refractivity contribution in [2.24, 2.45) is 0 Å². The molecule has 2 aromatic heterocycles. The lowest BCUT2D eigenvalue weighted by Gasteiger charge is -2.43. The molecule has 1 atom stereocenters. The molecule has 38 heavy (non-hydrogen) atoms. The first kappa shape index (κ1) is 24.8. The number of nitrogens with zero attached hydrogens (tertiary/aromatic N) is 7. The van der Waals surface area contributed by atoms with Gasteiger partial charge in [0, 0.05) is 56.8 Å². The third-order valence-corrected chi connectivity index (χ3v) is 7.98. The maximum absolute atomic E-state index is 5.48. The number of rotatable bonds is 7. The predicted octanol–water partition coefficient (Wildman–Crippen LogP) is 4.54. The minimum atomic E-state index is 0.327. The average molecular weight is 512 g/mol. The second-order valence-corrected chi connectivity index (χ2v) is 10.8. The highest BCUT2D eigenvalue weighted by molar-refractivity contribution is 5.94. The van der Waals surface area contributed by atoms with Crippen LogP contribution in [0.1, 0.15) is 29.5 Å². The number of hydrogen-bond acceptors (Lipinski definition) is 8. The van der Waals surface area contributed by atoms with Crippen molar-refractivity contribution in [2.45, 2.75) is 26.3 Å². The summed E-state index contributed by atoms with van der Waals surface area (Å²) in [6.07, 6.45) is 1.12. The number of likely N-dealkylation sites (N-methyl/N-ethyl adjacent to an activating group) is 1. The van der Waals surface area contributed by atoms with Crippen molar-refractivity contribution in [3.8, 4) is 11.1 Å². The molecule has 4 heterocycles. The van der Waals surface area contributed by atoms with Crippen LogP contribution in [0.5, 0.6) is 0 Å². The maximum Gasteiger partial charge on any atom is 0.227 e. The monoisotopic (exact) mass is 511 g/mol. The van der Waals surface area contributed by atoms with Gasteiger partial charge in [-0.05, 0) is 57.6 Å². The molecule has 2 aliphatic heterocycles. The Balaban J connectivity index is 1.37. The third-order valence-electron chi connectivity index (χ3n) is 7.98. The molecule has 8 heteroatoms. The van der Waals surface area contributed by atoms with E-state index in [1.54, 1.807) is 0 Å². The van der Waals surface area contributed by atoms with Crippen LogP contribution in [0.4, 0.5) is 11.8 Å². The standard InChI is InChI=1S/C30H37N7O/c1-21-28(22(2)38-33-21)24-10-11-26-25(20-24)29(37-13-12-27(37)23-8-6-5-7-9-23)32-30(31-26)36-18-16-35(17-19-36)15-14-34(3)4/h5-11,20,27H,12-19H2,1-4H3. The molecule has 2 aromatic carbocycles. The number of hydrogen-bond donors (Lipinski definition) is 0. The number of fused-ring (bicyclic) bond motifs is 1. The van der Waals surface area contributed by atoms with Crippen molar-refractivity contribution in [1.82, 2.24) is 24.9 Å². The Kier molecular flexibility index (Phi) is 6.76. The van der Waals surface area contributed by atoms with Crippen LogP contribution in [0.25, 0.3) is 22.0 Å². The van der Waals surface area contributed by atoms with Gasteiger partial charge in [0.1, 0.15) is 11.6 Å². The highest BCUT2D eigenvalue weighted by Crippen LogP contribution is 2.41. The minimum absolute atomic E-state index is 0.327. The summed E-state index contributed by atoms with van der Waals surface area (Å²) in [6.45, 7) is 11.1. The van der Waals surface area contributed by atoms with Gasteiger partial charge in [-0.3, -0.25) is 4.90 Å². The third kappa shape index (κ3) is 4.74. The summed E-state index contributed by atoms with van der Waals surface area (Å²) in [5.74, 6) is 2.69. The van der Waals surface area contributed by atoms with E-state index in [2.05, 4.69) is 87.4 Å². The molecule has 1 unspecified atom stereocenters. The van der Waals surface area contributed by atoms with Gasteiger partial charge in [-0.25, -0.2) is 4.98 Å². The van der Waals surface area contributed by atoms with Gasteiger partial charge >= 0.3 is 0 Å². The smallest absolute Gasteiger partial charge is 0.227 e. The number of benzene rings is 2. The quantitative estimate of drug-likeness (QED) is 0.359. The van der Waals surface area contributed by atoms with E-state index in [9.17, 15) is 0 Å². The van der Waals surface area contributed by atoms with Gasteiger partial charge in [0.05, 0.1) is 17.3 Å². The molecule has 2 saturated heterocycles. The summed E-state index contributed by atoms with van der Waals surface area (Å²) in [5.41, 5.74) is 5.37. The summed E-state index contributed by atoms with van der Waals surface area (Å²) in [7, 11) is 4.27. The van der Waals surface area contributed by atoms with E-state index in [1.807, 2.05) is 13.8 Å². The van der Waals surface area contributed by atoms with Crippen molar-refractivity contribution in [3.63, 3.8) is 0 Å². The first-order valence-electron chi connectivity index (χ1n) is 13.7. The SMILES string of the molecule is Cc1noc(C)c1-c1ccc2nc(N3CCN(CCN(C)C)CC3)nc(N3CCC3c3ccccc3)c2c1. The van der Waals surface area contributed by atoms with E-state index in [1.165, 1.54) is 5.56 Å². The zero-order valence-corrected chi connectivity index (χ0v) is 22.9. The van der Waals surface area contributed by atoms with Crippen LogP contribution in [0.3, 0.4) is 0 Å². The molecule has 2 aliphatic rings. The summed E-state index contributed by atoms with van der Waals surface area (Å²) < 4.78 is 5.48. The Morgan fingerprint density at radius 3 is 2.39 bits per heavy atom. The van der Waals surface area contributed by atoms with E-state index in [0.29, 0.717) is 6.04 Å². The fourth-order valence-electron chi connectivity index (χ4n) is 5.69. The predicted molar refractivity (Wildman–Crippen MR) is 153 cm³/mol. The summed E-state index contributed by atoms with van der Waals surface area (Å²) in [5, 5.41) is 5.26. The lowest BCUT2D eigenvalue weighted by atomic mass is 9.94. The maximum atomic E-state index is 5.48. The number of aromatic nitrogens is 3. The van der Waals surface area contributed by atoms with Crippen LogP contribution in [0.2, 0.25) is 0 Å². The van der Waals surface area contributed by atoms with Crippen molar-refractivity contribution < 1.29 is 4.52 Å². The Hall–Kier alpha value is -3.49. The second kappa shape index (κ2) is 10.3. The van der Waals surface area contributed by atoms with Crippen molar-refractivity contribution in [1.29, 1.82) is 0 Å². The zero-order valence-electron chi connectivity index (χ0n) is 22.9. The van der Waals surface area contributed by atoms with Gasteiger partial charge in [-0.1, -0.05) is 41.6 Å². The fraction of sp³-hybridized carbons (Fsp3) is 0.433. The van der Waals surface area contributed by atoms with Crippen molar-refractivity contribution >= 4 is 22.7 Å². The molecule has 8 nitrogen and oxygen atoms in total. The Bertz CT molecular complexity index is 1390. The summed E-state index contributed by atoms with van der Waals surface area (Å²) >= 11 is 0. The Morgan fingerprint density at radius 1 is 0.947 bits per heavy atom. The molecule has 6 rings (SSSR count). The van der Waals surface area contributed by atoms with Gasteiger partial charge in [0.2, 0.25) is 5.95 Å². The van der Waals surface area contributed by atoms with Gasteiger partial charge in [0.15, 0.2) is 0 Å². The van der Waals surface area contributed by atoms with Gasteiger partial charge < -0.3 is 19.2 Å². The molecule has 0 amide bonds. The van der Waals surface area contributed by atoms with Gasteiger partial charge in [0.25, 0.3) is 0 Å². The number of piperazine rings is 1. The van der Waals surface area contributed by atoms with Crippen LogP contribution in [0, 0.1) is 13.8 Å².